The van der Waals surface area contributed by atoms with Crippen molar-refractivity contribution >= 4 is 74.9 Å². The predicted molar refractivity (Wildman–Crippen MR) is 243 cm³/mol. The molecule has 1 aliphatic heterocycles. The van der Waals surface area contributed by atoms with Gasteiger partial charge in [-0.2, -0.15) is 0 Å². The number of fused-ring (bicyclic) bond motifs is 1. The molecule has 58 heavy (non-hydrogen) atoms. The topological polar surface area (TPSA) is 68.8 Å². The van der Waals surface area contributed by atoms with Crippen molar-refractivity contribution in [3.05, 3.63) is 162 Å². The van der Waals surface area contributed by atoms with Gasteiger partial charge in [0.1, 0.15) is 11.5 Å². The summed E-state index contributed by atoms with van der Waals surface area (Å²) in [6.45, 7) is 9.98. The van der Waals surface area contributed by atoms with E-state index in [0.717, 1.165) is 94.7 Å². The second-order valence-corrected chi connectivity index (χ2v) is 15.9. The number of benzene rings is 5. The zero-order valence-electron chi connectivity index (χ0n) is 33.6. The Bertz CT molecular complexity index is 2230. The van der Waals surface area contributed by atoms with E-state index in [1.807, 2.05) is 60.7 Å². The van der Waals surface area contributed by atoms with Crippen LogP contribution in [-0.2, 0) is 10.3 Å². The molecule has 5 aromatic rings. The summed E-state index contributed by atoms with van der Waals surface area (Å²) in [5, 5.41) is 7.36. The van der Waals surface area contributed by atoms with Gasteiger partial charge in [0.05, 0.1) is 39.9 Å². The zero-order valence-corrected chi connectivity index (χ0v) is 36.6. The number of methoxy groups -OCH3 is 2. The SMILES string of the molecule is CCCCNc1cc(C)ccc1C(=CC1(C=C(c2ccc(OC)cc2)c2ccc(C)cc2NCCCC)OC(=O)c2c(Cl)c(Cl)c(Cl)c(Cl)c21)c1ccc(OC)cc1. The number of cyclic esters (lactones) is 1. The first-order valence-electron chi connectivity index (χ1n) is 19.5. The maximum Gasteiger partial charge on any atom is 0.341 e. The number of rotatable bonds is 16. The van der Waals surface area contributed by atoms with Crippen LogP contribution in [0.3, 0.4) is 0 Å². The van der Waals surface area contributed by atoms with Gasteiger partial charge in [0.2, 0.25) is 0 Å². The molecule has 0 saturated carbocycles. The fourth-order valence-electron chi connectivity index (χ4n) is 7.17. The molecule has 0 aliphatic carbocycles. The molecule has 0 atom stereocenters. The van der Waals surface area contributed by atoms with Gasteiger partial charge in [0.15, 0.2) is 5.60 Å². The number of aryl methyl sites for hydroxylation is 2. The van der Waals surface area contributed by atoms with Crippen molar-refractivity contribution in [1.29, 1.82) is 0 Å². The quantitative estimate of drug-likeness (QED) is 0.0446. The van der Waals surface area contributed by atoms with E-state index in [0.29, 0.717) is 11.5 Å². The van der Waals surface area contributed by atoms with Gasteiger partial charge >= 0.3 is 5.97 Å². The van der Waals surface area contributed by atoms with Crippen molar-refractivity contribution in [2.45, 2.75) is 59.0 Å². The molecule has 6 nitrogen and oxygen atoms in total. The number of esters is 1. The first-order valence-corrected chi connectivity index (χ1v) is 21.0. The average molecular weight is 859 g/mol. The van der Waals surface area contributed by atoms with Crippen LogP contribution in [-0.4, -0.2) is 33.3 Å². The first-order chi connectivity index (χ1) is 27.9. The third-order valence-corrected chi connectivity index (χ3v) is 12.1. The van der Waals surface area contributed by atoms with Crippen LogP contribution in [0.1, 0.15) is 88.8 Å². The molecule has 2 N–H and O–H groups in total. The minimum absolute atomic E-state index is 0.0167. The van der Waals surface area contributed by atoms with Gasteiger partial charge in [0, 0.05) is 41.2 Å². The number of carbonyl (C=O) groups is 1. The van der Waals surface area contributed by atoms with Gasteiger partial charge in [-0.25, -0.2) is 4.79 Å². The van der Waals surface area contributed by atoms with Gasteiger partial charge < -0.3 is 24.8 Å². The summed E-state index contributed by atoms with van der Waals surface area (Å²) < 4.78 is 17.8. The molecule has 0 unspecified atom stereocenters. The second-order valence-electron chi connectivity index (χ2n) is 14.4. The summed E-state index contributed by atoms with van der Waals surface area (Å²) in [6, 6.07) is 28.1. The van der Waals surface area contributed by atoms with Gasteiger partial charge in [-0.1, -0.05) is 122 Å². The molecule has 0 spiro atoms. The Hall–Kier alpha value is -4.59. The molecule has 10 heteroatoms. The van der Waals surface area contributed by atoms with Crippen LogP contribution < -0.4 is 20.1 Å². The van der Waals surface area contributed by atoms with Crippen LogP contribution >= 0.6 is 46.4 Å². The summed E-state index contributed by atoms with van der Waals surface area (Å²) in [4.78, 5) is 14.4. The summed E-state index contributed by atoms with van der Waals surface area (Å²) in [7, 11) is 3.27. The third-order valence-electron chi connectivity index (χ3n) is 10.3. The van der Waals surface area contributed by atoms with Gasteiger partial charge in [-0.15, -0.1) is 0 Å². The number of anilines is 2. The average Bonchev–Trinajstić information content (AvgIpc) is 3.52. The molecule has 0 amide bonds. The summed E-state index contributed by atoms with van der Waals surface area (Å²) >= 11 is 27.7. The zero-order chi connectivity index (χ0) is 41.6. The Labute approximate surface area is 362 Å². The van der Waals surface area contributed by atoms with E-state index in [1.54, 1.807) is 14.2 Å². The van der Waals surface area contributed by atoms with E-state index in [-0.39, 0.29) is 31.2 Å². The smallest absolute Gasteiger partial charge is 0.341 e. The number of hydrogen-bond acceptors (Lipinski definition) is 6. The fourth-order valence-corrected chi connectivity index (χ4v) is 8.25. The highest BCUT2D eigenvalue weighted by Gasteiger charge is 2.48. The Morgan fingerprint density at radius 1 is 0.638 bits per heavy atom. The molecule has 0 saturated heterocycles. The number of ether oxygens (including phenoxy) is 3. The van der Waals surface area contributed by atoms with Gasteiger partial charge in [0.25, 0.3) is 0 Å². The molecule has 0 aromatic heterocycles. The highest BCUT2D eigenvalue weighted by atomic mass is 35.5. The van der Waals surface area contributed by atoms with Crippen molar-refractivity contribution in [3.8, 4) is 11.5 Å². The van der Waals surface area contributed by atoms with Crippen LogP contribution in [0.25, 0.3) is 11.1 Å². The highest BCUT2D eigenvalue weighted by molar-refractivity contribution is 6.53. The monoisotopic (exact) mass is 856 g/mol. The van der Waals surface area contributed by atoms with Gasteiger partial charge in [-0.3, -0.25) is 0 Å². The van der Waals surface area contributed by atoms with E-state index in [2.05, 4.69) is 74.7 Å². The van der Waals surface area contributed by atoms with Crippen LogP contribution in [0.5, 0.6) is 11.5 Å². The van der Waals surface area contributed by atoms with Crippen LogP contribution in [0.4, 0.5) is 11.4 Å². The maximum absolute atomic E-state index is 14.4. The lowest BCUT2D eigenvalue weighted by molar-refractivity contribution is 0.0300. The third kappa shape index (κ3) is 9.01. The molecule has 1 aliphatic rings. The van der Waals surface area contributed by atoms with Crippen LogP contribution in [0.2, 0.25) is 20.1 Å². The first kappa shape index (κ1) is 43.0. The summed E-state index contributed by atoms with van der Waals surface area (Å²) in [5.41, 5.74) is 7.65. The van der Waals surface area contributed by atoms with E-state index in [1.165, 1.54) is 0 Å². The van der Waals surface area contributed by atoms with Crippen molar-refractivity contribution < 1.29 is 19.0 Å². The minimum atomic E-state index is -1.68. The lowest BCUT2D eigenvalue weighted by Crippen LogP contribution is -2.23. The normalized spacial score (nSPS) is 15.2. The number of halogens is 4. The number of nitrogens with one attached hydrogen (secondary N) is 2. The van der Waals surface area contributed by atoms with E-state index < -0.39 is 11.6 Å². The molecule has 302 valence electrons. The molecule has 0 fully saturated rings. The Kier molecular flexibility index (Phi) is 14.1. The standard InChI is InChI=1S/C48H48Cl4N2O4/c1-7-9-23-53-39-25-29(3)11-21-35(39)37(31-13-17-33(56-5)18-14-31)27-48(42-41(47(55)58-48)43(49)45(51)46(52)44(42)50)28-38(32-15-19-34(57-6)20-16-32)36-22-12-30(4)26-40(36)54-24-10-8-2/h11-22,25-28,53-54H,7-10,23-24H2,1-6H3. The number of hydrogen-bond donors (Lipinski definition) is 2. The minimum Gasteiger partial charge on any atom is -0.497 e. The highest BCUT2D eigenvalue weighted by Crippen LogP contribution is 2.54. The lowest BCUT2D eigenvalue weighted by Gasteiger charge is -2.28. The van der Waals surface area contributed by atoms with Crippen molar-refractivity contribution in [3.63, 3.8) is 0 Å². The molecule has 1 heterocycles. The summed E-state index contributed by atoms with van der Waals surface area (Å²) in [6.07, 6.45) is 7.92. The van der Waals surface area contributed by atoms with Crippen LogP contribution in [0.15, 0.2) is 97.1 Å². The molecule has 0 bridgehead atoms. The van der Waals surface area contributed by atoms with Gasteiger partial charge in [-0.05, 0) is 109 Å². The summed E-state index contributed by atoms with van der Waals surface area (Å²) in [5.74, 6) is 0.702. The molecule has 0 radical (unpaired) electrons. The Morgan fingerprint density at radius 2 is 1.07 bits per heavy atom. The Balaban J connectivity index is 1.78. The van der Waals surface area contributed by atoms with Crippen molar-refractivity contribution in [2.75, 3.05) is 37.9 Å². The lowest BCUT2D eigenvalue weighted by atomic mass is 9.82. The van der Waals surface area contributed by atoms with Crippen molar-refractivity contribution in [1.82, 2.24) is 0 Å². The fraction of sp³-hybridized carbons (Fsp3) is 0.271. The largest absolute Gasteiger partial charge is 0.497 e. The molecule has 6 rings (SSSR count). The van der Waals surface area contributed by atoms with E-state index >= 15 is 0 Å². The van der Waals surface area contributed by atoms with E-state index in [9.17, 15) is 4.79 Å². The maximum atomic E-state index is 14.4. The number of carbonyl (C=O) groups excluding carboxylic acids is 1. The van der Waals surface area contributed by atoms with Crippen LogP contribution in [0, 0.1) is 13.8 Å². The van der Waals surface area contributed by atoms with E-state index in [4.69, 9.17) is 60.6 Å². The molecule has 5 aromatic carbocycles. The molecular weight excluding hydrogens is 810 g/mol. The Morgan fingerprint density at radius 3 is 1.48 bits per heavy atom. The molecular formula is C48H48Cl4N2O4. The second kappa shape index (κ2) is 19.0. The number of unbranched alkanes of at least 4 members (excludes halogenated alkanes) is 2. The predicted octanol–water partition coefficient (Wildman–Crippen LogP) is 14.0. The van der Waals surface area contributed by atoms with Crippen molar-refractivity contribution in [2.24, 2.45) is 0 Å².